The first-order valence-corrected chi connectivity index (χ1v) is 4.70. The van der Waals surface area contributed by atoms with Gasteiger partial charge in [0.1, 0.15) is 12.0 Å². The molecule has 0 aliphatic heterocycles. The van der Waals surface area contributed by atoms with Crippen molar-refractivity contribution < 1.29 is 8.78 Å². The Morgan fingerprint density at radius 1 is 1.29 bits per heavy atom. The van der Waals surface area contributed by atoms with Crippen LogP contribution in [0, 0.1) is 5.82 Å². The summed E-state index contributed by atoms with van der Waals surface area (Å²) in [6, 6.07) is 5.66. The second-order valence-corrected chi connectivity index (χ2v) is 3.44. The minimum absolute atomic E-state index is 0.120. The fraction of sp³-hybridized carbons (Fsp3) is 0.455. The van der Waals surface area contributed by atoms with E-state index in [0.29, 0.717) is 12.0 Å². The van der Waals surface area contributed by atoms with Gasteiger partial charge in [0, 0.05) is 6.04 Å². The first kappa shape index (κ1) is 11.1. The van der Waals surface area contributed by atoms with Gasteiger partial charge in [-0.25, -0.2) is 8.78 Å². The lowest BCUT2D eigenvalue weighted by atomic mass is 10.0. The van der Waals surface area contributed by atoms with Crippen LogP contribution in [-0.4, -0.2) is 13.1 Å². The van der Waals surface area contributed by atoms with Gasteiger partial charge < -0.3 is 5.32 Å². The van der Waals surface area contributed by atoms with Crippen molar-refractivity contribution in [3.8, 4) is 0 Å². The number of halogens is 2. The SMILES string of the molecule is CNC(C)CC(F)c1ccc(F)cc1. The fourth-order valence-electron chi connectivity index (χ4n) is 1.24. The van der Waals surface area contributed by atoms with Crippen LogP contribution in [0.25, 0.3) is 0 Å². The van der Waals surface area contributed by atoms with Crippen LogP contribution < -0.4 is 5.32 Å². The van der Waals surface area contributed by atoms with E-state index < -0.39 is 6.17 Å². The molecule has 0 aromatic heterocycles. The molecule has 1 nitrogen and oxygen atoms in total. The molecule has 0 spiro atoms. The van der Waals surface area contributed by atoms with Crippen molar-refractivity contribution in [2.24, 2.45) is 0 Å². The molecule has 0 saturated carbocycles. The van der Waals surface area contributed by atoms with Gasteiger partial charge in [-0.3, -0.25) is 0 Å². The van der Waals surface area contributed by atoms with Crippen LogP contribution in [-0.2, 0) is 0 Å². The molecule has 1 rings (SSSR count). The number of rotatable bonds is 4. The Balaban J connectivity index is 2.60. The van der Waals surface area contributed by atoms with E-state index in [2.05, 4.69) is 5.32 Å². The molecular weight excluding hydrogens is 184 g/mol. The molecular formula is C11H15F2N. The number of hydrogen-bond acceptors (Lipinski definition) is 1. The number of benzene rings is 1. The van der Waals surface area contributed by atoms with Gasteiger partial charge in [0.25, 0.3) is 0 Å². The minimum Gasteiger partial charge on any atom is -0.317 e. The van der Waals surface area contributed by atoms with Gasteiger partial charge in [-0.05, 0) is 38.1 Å². The highest BCUT2D eigenvalue weighted by Crippen LogP contribution is 2.22. The van der Waals surface area contributed by atoms with E-state index in [0.717, 1.165) is 0 Å². The monoisotopic (exact) mass is 199 g/mol. The molecule has 0 aliphatic carbocycles. The van der Waals surface area contributed by atoms with Crippen LogP contribution in [0.5, 0.6) is 0 Å². The maximum Gasteiger partial charge on any atom is 0.127 e. The van der Waals surface area contributed by atoms with Gasteiger partial charge >= 0.3 is 0 Å². The minimum atomic E-state index is -1.03. The van der Waals surface area contributed by atoms with Crippen molar-refractivity contribution in [1.29, 1.82) is 0 Å². The molecule has 2 atom stereocenters. The van der Waals surface area contributed by atoms with Crippen LogP contribution in [0.2, 0.25) is 0 Å². The molecule has 2 unspecified atom stereocenters. The highest BCUT2D eigenvalue weighted by atomic mass is 19.1. The van der Waals surface area contributed by atoms with Crippen LogP contribution in [0.15, 0.2) is 24.3 Å². The molecule has 3 heteroatoms. The van der Waals surface area contributed by atoms with E-state index in [1.807, 2.05) is 6.92 Å². The van der Waals surface area contributed by atoms with Crippen LogP contribution in [0.1, 0.15) is 25.1 Å². The van der Waals surface area contributed by atoms with Crippen molar-refractivity contribution >= 4 is 0 Å². The van der Waals surface area contributed by atoms with E-state index in [1.165, 1.54) is 24.3 Å². The second-order valence-electron chi connectivity index (χ2n) is 3.44. The lowest BCUT2D eigenvalue weighted by Gasteiger charge is -2.13. The lowest BCUT2D eigenvalue weighted by molar-refractivity contribution is 0.295. The quantitative estimate of drug-likeness (QED) is 0.786. The number of hydrogen-bond donors (Lipinski definition) is 1. The third-order valence-electron chi connectivity index (χ3n) is 2.28. The van der Waals surface area contributed by atoms with Gasteiger partial charge in [0.15, 0.2) is 0 Å². The summed E-state index contributed by atoms with van der Waals surface area (Å²) >= 11 is 0. The number of alkyl halides is 1. The average molecular weight is 199 g/mol. The summed E-state index contributed by atoms with van der Waals surface area (Å²) in [5, 5.41) is 2.96. The van der Waals surface area contributed by atoms with Crippen molar-refractivity contribution in [3.63, 3.8) is 0 Å². The summed E-state index contributed by atoms with van der Waals surface area (Å²) < 4.78 is 26.1. The maximum absolute atomic E-state index is 13.5. The topological polar surface area (TPSA) is 12.0 Å². The molecule has 0 saturated heterocycles. The molecule has 0 amide bonds. The molecule has 0 fully saturated rings. The zero-order valence-corrected chi connectivity index (χ0v) is 8.43. The zero-order valence-electron chi connectivity index (χ0n) is 8.43. The van der Waals surface area contributed by atoms with Crippen LogP contribution in [0.4, 0.5) is 8.78 Å². The second kappa shape index (κ2) is 5.05. The smallest absolute Gasteiger partial charge is 0.127 e. The molecule has 0 heterocycles. The first-order chi connectivity index (χ1) is 6.63. The van der Waals surface area contributed by atoms with Crippen LogP contribution >= 0.6 is 0 Å². The summed E-state index contributed by atoms with van der Waals surface area (Å²) in [5.74, 6) is -0.331. The van der Waals surface area contributed by atoms with Crippen molar-refractivity contribution in [1.82, 2.24) is 5.32 Å². The van der Waals surface area contributed by atoms with Gasteiger partial charge in [0.05, 0.1) is 0 Å². The highest BCUT2D eigenvalue weighted by Gasteiger charge is 2.12. The Labute approximate surface area is 83.1 Å². The predicted molar refractivity (Wildman–Crippen MR) is 53.4 cm³/mol. The summed E-state index contributed by atoms with van der Waals surface area (Å²) in [6.45, 7) is 1.91. The molecule has 0 radical (unpaired) electrons. The van der Waals surface area contributed by atoms with Crippen LogP contribution in [0.3, 0.4) is 0 Å². The summed E-state index contributed by atoms with van der Waals surface area (Å²) in [5.41, 5.74) is 0.536. The molecule has 1 aromatic rings. The largest absolute Gasteiger partial charge is 0.317 e. The Bertz CT molecular complexity index is 271. The molecule has 14 heavy (non-hydrogen) atoms. The summed E-state index contributed by atoms with van der Waals surface area (Å²) in [4.78, 5) is 0. The number of nitrogens with one attached hydrogen (secondary N) is 1. The van der Waals surface area contributed by atoms with Crippen molar-refractivity contribution in [2.75, 3.05) is 7.05 Å². The van der Waals surface area contributed by atoms with Crippen molar-refractivity contribution in [2.45, 2.75) is 25.6 Å². The van der Waals surface area contributed by atoms with E-state index in [9.17, 15) is 8.78 Å². The molecule has 1 N–H and O–H groups in total. The normalized spacial score (nSPS) is 15.1. The third kappa shape index (κ3) is 3.07. The molecule has 78 valence electrons. The lowest BCUT2D eigenvalue weighted by Crippen LogP contribution is -2.22. The Morgan fingerprint density at radius 2 is 1.86 bits per heavy atom. The van der Waals surface area contributed by atoms with Gasteiger partial charge in [-0.15, -0.1) is 0 Å². The zero-order chi connectivity index (χ0) is 10.6. The summed E-state index contributed by atoms with van der Waals surface area (Å²) in [7, 11) is 1.79. The Morgan fingerprint density at radius 3 is 2.36 bits per heavy atom. The highest BCUT2D eigenvalue weighted by molar-refractivity contribution is 5.18. The molecule has 0 aliphatic rings. The fourth-order valence-corrected chi connectivity index (χ4v) is 1.24. The molecule has 1 aromatic carbocycles. The summed E-state index contributed by atoms with van der Waals surface area (Å²) in [6.07, 6.45) is -0.625. The van der Waals surface area contributed by atoms with E-state index in [1.54, 1.807) is 7.05 Å². The van der Waals surface area contributed by atoms with E-state index in [-0.39, 0.29) is 11.9 Å². The third-order valence-corrected chi connectivity index (χ3v) is 2.28. The van der Waals surface area contributed by atoms with E-state index >= 15 is 0 Å². The average Bonchev–Trinajstić information content (AvgIpc) is 2.18. The Kier molecular flexibility index (Phi) is 4.01. The van der Waals surface area contributed by atoms with Gasteiger partial charge in [-0.1, -0.05) is 12.1 Å². The molecule has 0 bridgehead atoms. The predicted octanol–water partition coefficient (Wildman–Crippen LogP) is 2.83. The van der Waals surface area contributed by atoms with Gasteiger partial charge in [-0.2, -0.15) is 0 Å². The maximum atomic E-state index is 13.5. The van der Waals surface area contributed by atoms with Gasteiger partial charge in [0.2, 0.25) is 0 Å². The standard InChI is InChI=1S/C11H15F2N/c1-8(14-2)7-11(13)9-3-5-10(12)6-4-9/h3-6,8,11,14H,7H2,1-2H3. The van der Waals surface area contributed by atoms with E-state index in [4.69, 9.17) is 0 Å². The van der Waals surface area contributed by atoms with Crippen molar-refractivity contribution in [3.05, 3.63) is 35.6 Å². The Hall–Kier alpha value is -0.960. The first-order valence-electron chi connectivity index (χ1n) is 4.70.